The van der Waals surface area contributed by atoms with Gasteiger partial charge in [-0.15, -0.1) is 0 Å². The number of hydrogen-bond acceptors (Lipinski definition) is 4. The summed E-state index contributed by atoms with van der Waals surface area (Å²) in [7, 11) is 0. The molecule has 17 heavy (non-hydrogen) atoms. The number of nitrogens with two attached hydrogens (primary N) is 1. The monoisotopic (exact) mass is 228 g/mol. The third-order valence-electron chi connectivity index (χ3n) is 3.65. The van der Waals surface area contributed by atoms with Crippen molar-refractivity contribution in [2.75, 3.05) is 11.9 Å². The summed E-state index contributed by atoms with van der Waals surface area (Å²) in [5, 5.41) is 12.8. The van der Waals surface area contributed by atoms with Gasteiger partial charge in [0.15, 0.2) is 0 Å². The number of fused-ring (bicyclic) bond motifs is 1. The maximum absolute atomic E-state index is 5.86. The zero-order valence-electron chi connectivity index (χ0n) is 9.69. The number of rotatable bonds is 3. The highest BCUT2D eigenvalue weighted by molar-refractivity contribution is 5.90. The van der Waals surface area contributed by atoms with Crippen LogP contribution >= 0.6 is 0 Å². The van der Waals surface area contributed by atoms with Crippen LogP contribution in [-0.2, 0) is 0 Å². The fourth-order valence-electron chi connectivity index (χ4n) is 2.38. The smallest absolute Gasteiger partial charge is 0.0950 e. The molecule has 0 saturated heterocycles. The normalized spacial score (nSPS) is 17.7. The quantitative estimate of drug-likeness (QED) is 0.842. The molecule has 2 aromatic rings. The van der Waals surface area contributed by atoms with Gasteiger partial charge in [-0.25, -0.2) is 0 Å². The standard InChI is InChI=1S/C13H16N4/c14-9-13(6-3-7-13)16-12-8-15-17-11-5-2-1-4-10(11)12/h1-2,4-5,8H,3,6-7,9,14H2,(H,16,17). The van der Waals surface area contributed by atoms with Crippen LogP contribution in [0, 0.1) is 0 Å². The van der Waals surface area contributed by atoms with Gasteiger partial charge in [0, 0.05) is 17.5 Å². The van der Waals surface area contributed by atoms with Gasteiger partial charge in [-0.05, 0) is 25.3 Å². The summed E-state index contributed by atoms with van der Waals surface area (Å²) < 4.78 is 0. The Balaban J connectivity index is 2.00. The third kappa shape index (κ3) is 1.74. The Morgan fingerprint density at radius 2 is 2.12 bits per heavy atom. The summed E-state index contributed by atoms with van der Waals surface area (Å²) in [6, 6.07) is 8.03. The van der Waals surface area contributed by atoms with Crippen LogP contribution in [0.5, 0.6) is 0 Å². The van der Waals surface area contributed by atoms with Crippen LogP contribution in [0.25, 0.3) is 10.9 Å². The van der Waals surface area contributed by atoms with E-state index < -0.39 is 0 Å². The van der Waals surface area contributed by atoms with Crippen LogP contribution in [-0.4, -0.2) is 22.3 Å². The second-order valence-electron chi connectivity index (χ2n) is 4.74. The lowest BCUT2D eigenvalue weighted by Crippen LogP contribution is -2.51. The molecule has 0 spiro atoms. The average Bonchev–Trinajstić information content (AvgIpc) is 2.34. The van der Waals surface area contributed by atoms with E-state index in [0.29, 0.717) is 6.54 Å². The zero-order valence-corrected chi connectivity index (χ0v) is 9.69. The molecular weight excluding hydrogens is 212 g/mol. The topological polar surface area (TPSA) is 63.8 Å². The van der Waals surface area contributed by atoms with Crippen molar-refractivity contribution in [3.05, 3.63) is 30.5 Å². The highest BCUT2D eigenvalue weighted by Crippen LogP contribution is 2.35. The van der Waals surface area contributed by atoms with E-state index in [1.54, 1.807) is 6.20 Å². The van der Waals surface area contributed by atoms with E-state index in [-0.39, 0.29) is 5.54 Å². The van der Waals surface area contributed by atoms with Gasteiger partial charge in [-0.3, -0.25) is 0 Å². The predicted molar refractivity (Wildman–Crippen MR) is 68.8 cm³/mol. The molecule has 1 aliphatic rings. The van der Waals surface area contributed by atoms with Gasteiger partial charge >= 0.3 is 0 Å². The second-order valence-corrected chi connectivity index (χ2v) is 4.74. The van der Waals surface area contributed by atoms with E-state index in [9.17, 15) is 0 Å². The molecule has 3 rings (SSSR count). The maximum Gasteiger partial charge on any atom is 0.0950 e. The molecule has 1 aromatic carbocycles. The molecule has 0 bridgehead atoms. The molecular formula is C13H16N4. The molecule has 1 aliphatic carbocycles. The molecule has 0 aliphatic heterocycles. The van der Waals surface area contributed by atoms with E-state index in [4.69, 9.17) is 5.73 Å². The molecule has 1 saturated carbocycles. The van der Waals surface area contributed by atoms with Crippen molar-refractivity contribution in [2.24, 2.45) is 5.73 Å². The Hall–Kier alpha value is -1.68. The van der Waals surface area contributed by atoms with Crippen LogP contribution in [0.2, 0.25) is 0 Å². The van der Waals surface area contributed by atoms with E-state index >= 15 is 0 Å². The van der Waals surface area contributed by atoms with E-state index in [1.807, 2.05) is 18.2 Å². The summed E-state index contributed by atoms with van der Waals surface area (Å²) in [6.45, 7) is 0.670. The highest BCUT2D eigenvalue weighted by atomic mass is 15.1. The van der Waals surface area contributed by atoms with Gasteiger partial charge in [0.25, 0.3) is 0 Å². The van der Waals surface area contributed by atoms with Gasteiger partial charge in [0.05, 0.1) is 17.4 Å². The van der Waals surface area contributed by atoms with E-state index in [0.717, 1.165) is 29.4 Å². The third-order valence-corrected chi connectivity index (χ3v) is 3.65. The molecule has 1 fully saturated rings. The molecule has 3 N–H and O–H groups in total. The lowest BCUT2D eigenvalue weighted by atomic mass is 9.76. The fraction of sp³-hybridized carbons (Fsp3) is 0.385. The van der Waals surface area contributed by atoms with Gasteiger partial charge in [0.2, 0.25) is 0 Å². The van der Waals surface area contributed by atoms with Gasteiger partial charge in [0.1, 0.15) is 0 Å². The Morgan fingerprint density at radius 1 is 1.29 bits per heavy atom. The summed E-state index contributed by atoms with van der Waals surface area (Å²) in [5.74, 6) is 0. The van der Waals surface area contributed by atoms with E-state index in [1.165, 1.54) is 6.42 Å². The minimum atomic E-state index is 0.0752. The Bertz CT molecular complexity index is 523. The molecule has 4 heteroatoms. The lowest BCUT2D eigenvalue weighted by molar-refractivity contribution is 0.287. The van der Waals surface area contributed by atoms with Crippen LogP contribution in [0.15, 0.2) is 30.5 Å². The van der Waals surface area contributed by atoms with Crippen LogP contribution in [0.3, 0.4) is 0 Å². The Labute approximate surface area is 100 Å². The summed E-state index contributed by atoms with van der Waals surface area (Å²) >= 11 is 0. The highest BCUT2D eigenvalue weighted by Gasteiger charge is 2.35. The summed E-state index contributed by atoms with van der Waals surface area (Å²) in [6.07, 6.45) is 5.32. The largest absolute Gasteiger partial charge is 0.376 e. The molecule has 0 amide bonds. The van der Waals surface area contributed by atoms with Crippen LogP contribution in [0.4, 0.5) is 5.69 Å². The Kier molecular flexibility index (Phi) is 2.44. The van der Waals surface area contributed by atoms with Crippen molar-refractivity contribution in [3.8, 4) is 0 Å². The first-order valence-electron chi connectivity index (χ1n) is 6.02. The molecule has 0 atom stereocenters. The molecule has 4 nitrogen and oxygen atoms in total. The van der Waals surface area contributed by atoms with Gasteiger partial charge in [-0.2, -0.15) is 10.2 Å². The first-order valence-corrected chi connectivity index (χ1v) is 6.02. The van der Waals surface area contributed by atoms with Crippen LogP contribution in [0.1, 0.15) is 19.3 Å². The van der Waals surface area contributed by atoms with Gasteiger partial charge in [-0.1, -0.05) is 18.2 Å². The summed E-state index contributed by atoms with van der Waals surface area (Å²) in [5.41, 5.74) is 7.90. The van der Waals surface area contributed by atoms with E-state index in [2.05, 4.69) is 21.6 Å². The number of nitrogens with zero attached hydrogens (tertiary/aromatic N) is 2. The Morgan fingerprint density at radius 3 is 2.82 bits per heavy atom. The molecule has 0 unspecified atom stereocenters. The van der Waals surface area contributed by atoms with Crippen LogP contribution < -0.4 is 11.1 Å². The average molecular weight is 228 g/mol. The van der Waals surface area contributed by atoms with Gasteiger partial charge < -0.3 is 11.1 Å². The predicted octanol–water partition coefficient (Wildman–Crippen LogP) is 1.92. The number of anilines is 1. The minimum absolute atomic E-state index is 0.0752. The van der Waals surface area contributed by atoms with Crippen molar-refractivity contribution in [1.29, 1.82) is 0 Å². The number of hydrogen-bond donors (Lipinski definition) is 2. The fourth-order valence-corrected chi connectivity index (χ4v) is 2.38. The lowest BCUT2D eigenvalue weighted by Gasteiger charge is -2.42. The number of aromatic nitrogens is 2. The first kappa shape index (κ1) is 10.5. The molecule has 1 aromatic heterocycles. The molecule has 1 heterocycles. The SMILES string of the molecule is NCC1(Nc2cnnc3ccccc23)CCC1. The van der Waals surface area contributed by atoms with Crippen molar-refractivity contribution in [2.45, 2.75) is 24.8 Å². The van der Waals surface area contributed by atoms with Crippen molar-refractivity contribution < 1.29 is 0 Å². The number of benzene rings is 1. The summed E-state index contributed by atoms with van der Waals surface area (Å²) in [4.78, 5) is 0. The van der Waals surface area contributed by atoms with Crippen molar-refractivity contribution in [1.82, 2.24) is 10.2 Å². The molecule has 88 valence electrons. The first-order chi connectivity index (χ1) is 8.33. The zero-order chi connectivity index (χ0) is 11.7. The number of nitrogens with one attached hydrogen (secondary N) is 1. The minimum Gasteiger partial charge on any atom is -0.376 e. The molecule has 0 radical (unpaired) electrons. The second kappa shape index (κ2) is 3.96. The van der Waals surface area contributed by atoms with Crippen molar-refractivity contribution in [3.63, 3.8) is 0 Å². The maximum atomic E-state index is 5.86. The van der Waals surface area contributed by atoms with Crippen molar-refractivity contribution >= 4 is 16.6 Å².